The predicted octanol–water partition coefficient (Wildman–Crippen LogP) is 3.35. The molecular weight excluding hydrogens is 352 g/mol. The van der Waals surface area contributed by atoms with Crippen molar-refractivity contribution in [3.05, 3.63) is 41.5 Å². The number of rotatable bonds is 8. The zero-order chi connectivity index (χ0) is 20.0. The molecule has 0 spiro atoms. The van der Waals surface area contributed by atoms with Crippen molar-refractivity contribution in [2.75, 3.05) is 35.5 Å². The Balaban J connectivity index is 2.61. The molecule has 0 saturated heterocycles. The van der Waals surface area contributed by atoms with Crippen molar-refractivity contribution in [2.45, 2.75) is 0 Å². The van der Waals surface area contributed by atoms with Gasteiger partial charge in [-0.05, 0) is 41.5 Å². The van der Waals surface area contributed by atoms with E-state index in [0.717, 1.165) is 0 Å². The summed E-state index contributed by atoms with van der Waals surface area (Å²) < 4.78 is 26.4. The normalized spacial score (nSPS) is 10.9. The topological polar surface area (TPSA) is 83.5 Å². The molecule has 0 radical (unpaired) electrons. The maximum absolute atomic E-state index is 11.9. The van der Waals surface area contributed by atoms with Crippen molar-refractivity contribution in [3.63, 3.8) is 0 Å². The highest BCUT2D eigenvalue weighted by Gasteiger charge is 2.19. The SMILES string of the molecule is COc1ccc(/C=C(/C(=O)O)c2cc(OC)c(OC)c(OC)c2)cc1OC. The summed E-state index contributed by atoms with van der Waals surface area (Å²) in [6, 6.07) is 8.31. The van der Waals surface area contributed by atoms with Crippen LogP contribution in [0.4, 0.5) is 0 Å². The zero-order valence-corrected chi connectivity index (χ0v) is 15.9. The standard InChI is InChI=1S/C20H22O7/c1-23-15-7-6-12(9-16(15)24-2)8-14(20(21)22)13-10-17(25-3)19(27-5)18(11-13)26-4/h6-11H,1-5H3,(H,21,22)/b14-8+. The summed E-state index contributed by atoms with van der Waals surface area (Å²) in [6.45, 7) is 0. The van der Waals surface area contributed by atoms with Gasteiger partial charge in [0.25, 0.3) is 0 Å². The smallest absolute Gasteiger partial charge is 0.336 e. The number of hydrogen-bond donors (Lipinski definition) is 1. The van der Waals surface area contributed by atoms with Gasteiger partial charge >= 0.3 is 5.97 Å². The second kappa shape index (κ2) is 8.84. The van der Waals surface area contributed by atoms with Crippen molar-refractivity contribution in [1.82, 2.24) is 0 Å². The fourth-order valence-corrected chi connectivity index (χ4v) is 2.61. The minimum Gasteiger partial charge on any atom is -0.493 e. The molecule has 2 rings (SSSR count). The van der Waals surface area contributed by atoms with E-state index in [9.17, 15) is 9.90 Å². The lowest BCUT2D eigenvalue weighted by atomic mass is 10.0. The van der Waals surface area contributed by atoms with Crippen LogP contribution in [0.1, 0.15) is 11.1 Å². The summed E-state index contributed by atoms with van der Waals surface area (Å²) in [4.78, 5) is 11.9. The van der Waals surface area contributed by atoms with Crippen molar-refractivity contribution in [3.8, 4) is 28.7 Å². The number of hydrogen-bond acceptors (Lipinski definition) is 6. The Morgan fingerprint density at radius 1 is 0.778 bits per heavy atom. The van der Waals surface area contributed by atoms with E-state index in [-0.39, 0.29) is 5.57 Å². The molecule has 0 saturated carbocycles. The Bertz CT molecular complexity index is 830. The van der Waals surface area contributed by atoms with E-state index in [0.29, 0.717) is 39.9 Å². The van der Waals surface area contributed by atoms with Gasteiger partial charge in [0, 0.05) is 0 Å². The number of carboxylic acids is 1. The third kappa shape index (κ3) is 4.25. The molecule has 0 amide bonds. The average molecular weight is 374 g/mol. The van der Waals surface area contributed by atoms with Gasteiger partial charge in [0.1, 0.15) is 0 Å². The number of aliphatic carboxylic acids is 1. The first-order valence-electron chi connectivity index (χ1n) is 7.96. The molecule has 0 bridgehead atoms. The highest BCUT2D eigenvalue weighted by Crippen LogP contribution is 2.40. The molecule has 7 heteroatoms. The molecule has 0 aromatic heterocycles. The molecule has 0 aliphatic heterocycles. The minimum atomic E-state index is -1.10. The van der Waals surface area contributed by atoms with Crippen molar-refractivity contribution < 1.29 is 33.6 Å². The molecule has 0 heterocycles. The molecule has 7 nitrogen and oxygen atoms in total. The van der Waals surface area contributed by atoms with Gasteiger partial charge in [-0.15, -0.1) is 0 Å². The first-order valence-corrected chi connectivity index (χ1v) is 7.96. The molecule has 27 heavy (non-hydrogen) atoms. The number of benzene rings is 2. The second-order valence-corrected chi connectivity index (χ2v) is 5.39. The van der Waals surface area contributed by atoms with Crippen LogP contribution in [0, 0.1) is 0 Å². The Morgan fingerprint density at radius 3 is 1.78 bits per heavy atom. The van der Waals surface area contributed by atoms with Gasteiger partial charge in [-0.1, -0.05) is 6.07 Å². The quantitative estimate of drug-likeness (QED) is 0.560. The van der Waals surface area contributed by atoms with Gasteiger partial charge in [-0.25, -0.2) is 4.79 Å². The Labute approximate surface area is 157 Å². The van der Waals surface area contributed by atoms with Gasteiger partial charge in [0.05, 0.1) is 41.1 Å². The Morgan fingerprint density at radius 2 is 1.33 bits per heavy atom. The van der Waals surface area contributed by atoms with Gasteiger partial charge in [0.2, 0.25) is 5.75 Å². The van der Waals surface area contributed by atoms with Gasteiger partial charge in [0.15, 0.2) is 23.0 Å². The first kappa shape index (κ1) is 20.0. The maximum atomic E-state index is 11.9. The lowest BCUT2D eigenvalue weighted by molar-refractivity contribution is -0.130. The van der Waals surface area contributed by atoms with Crippen LogP contribution in [-0.4, -0.2) is 46.6 Å². The fraction of sp³-hybridized carbons (Fsp3) is 0.250. The average Bonchev–Trinajstić information content (AvgIpc) is 2.70. The fourth-order valence-electron chi connectivity index (χ4n) is 2.61. The van der Waals surface area contributed by atoms with Crippen LogP contribution in [0.2, 0.25) is 0 Å². The summed E-state index contributed by atoms with van der Waals surface area (Å²) in [7, 11) is 7.48. The summed E-state index contributed by atoms with van der Waals surface area (Å²) in [5, 5.41) is 9.73. The van der Waals surface area contributed by atoms with E-state index in [1.165, 1.54) is 41.6 Å². The lowest BCUT2D eigenvalue weighted by Crippen LogP contribution is -2.02. The zero-order valence-electron chi connectivity index (χ0n) is 15.9. The molecule has 1 N–H and O–H groups in total. The molecule has 0 aliphatic rings. The third-order valence-corrected chi connectivity index (χ3v) is 3.92. The van der Waals surface area contributed by atoms with Gasteiger partial charge < -0.3 is 28.8 Å². The minimum absolute atomic E-state index is 0.0569. The molecule has 144 valence electrons. The second-order valence-electron chi connectivity index (χ2n) is 5.39. The molecule has 0 fully saturated rings. The first-order chi connectivity index (χ1) is 13.0. The molecule has 0 atom stereocenters. The summed E-state index contributed by atoms with van der Waals surface area (Å²) in [5.74, 6) is 1.08. The summed E-state index contributed by atoms with van der Waals surface area (Å²) in [6.07, 6.45) is 1.53. The van der Waals surface area contributed by atoms with Crippen LogP contribution in [0.3, 0.4) is 0 Å². The van der Waals surface area contributed by atoms with E-state index < -0.39 is 5.97 Å². The van der Waals surface area contributed by atoms with Crippen LogP contribution in [0.5, 0.6) is 28.7 Å². The molecular formula is C20H22O7. The number of carbonyl (C=O) groups is 1. The van der Waals surface area contributed by atoms with Crippen molar-refractivity contribution in [2.24, 2.45) is 0 Å². The van der Waals surface area contributed by atoms with E-state index in [1.54, 1.807) is 30.3 Å². The largest absolute Gasteiger partial charge is 0.493 e. The lowest BCUT2D eigenvalue weighted by Gasteiger charge is -2.14. The summed E-state index contributed by atoms with van der Waals surface area (Å²) in [5.41, 5.74) is 1.10. The predicted molar refractivity (Wildman–Crippen MR) is 101 cm³/mol. The third-order valence-electron chi connectivity index (χ3n) is 3.92. The van der Waals surface area contributed by atoms with E-state index in [2.05, 4.69) is 0 Å². The molecule has 0 unspecified atom stereocenters. The van der Waals surface area contributed by atoms with Crippen LogP contribution >= 0.6 is 0 Å². The molecule has 2 aromatic carbocycles. The van der Waals surface area contributed by atoms with Crippen LogP contribution in [0.15, 0.2) is 30.3 Å². The Hall–Kier alpha value is -3.35. The van der Waals surface area contributed by atoms with Crippen molar-refractivity contribution >= 4 is 17.6 Å². The highest BCUT2D eigenvalue weighted by atomic mass is 16.5. The van der Waals surface area contributed by atoms with Crippen LogP contribution < -0.4 is 23.7 Å². The molecule has 2 aromatic rings. The van der Waals surface area contributed by atoms with E-state index >= 15 is 0 Å². The number of carboxylic acid groups (broad SMARTS) is 1. The number of methoxy groups -OCH3 is 5. The van der Waals surface area contributed by atoms with Gasteiger partial charge in [-0.3, -0.25) is 0 Å². The monoisotopic (exact) mass is 374 g/mol. The van der Waals surface area contributed by atoms with Crippen LogP contribution in [-0.2, 0) is 4.79 Å². The number of ether oxygens (including phenoxy) is 5. The van der Waals surface area contributed by atoms with Crippen molar-refractivity contribution in [1.29, 1.82) is 0 Å². The maximum Gasteiger partial charge on any atom is 0.336 e. The Kier molecular flexibility index (Phi) is 6.54. The van der Waals surface area contributed by atoms with Crippen LogP contribution in [0.25, 0.3) is 11.6 Å². The molecule has 0 aliphatic carbocycles. The highest BCUT2D eigenvalue weighted by molar-refractivity contribution is 6.20. The summed E-state index contributed by atoms with van der Waals surface area (Å²) >= 11 is 0. The van der Waals surface area contributed by atoms with Gasteiger partial charge in [-0.2, -0.15) is 0 Å². The van der Waals surface area contributed by atoms with E-state index in [1.807, 2.05) is 0 Å². The van der Waals surface area contributed by atoms with E-state index in [4.69, 9.17) is 23.7 Å².